The zero-order valence-electron chi connectivity index (χ0n) is 17.8. The van der Waals surface area contributed by atoms with Crippen LogP contribution in [0.3, 0.4) is 0 Å². The van der Waals surface area contributed by atoms with Gasteiger partial charge in [-0.2, -0.15) is 0 Å². The summed E-state index contributed by atoms with van der Waals surface area (Å²) in [5.41, 5.74) is 3.86. The minimum Gasteiger partial charge on any atom is -0.442 e. The van der Waals surface area contributed by atoms with E-state index >= 15 is 0 Å². The second-order valence-electron chi connectivity index (χ2n) is 9.13. The zero-order valence-corrected chi connectivity index (χ0v) is 17.8. The van der Waals surface area contributed by atoms with E-state index in [1.807, 2.05) is 42.5 Å². The Balaban J connectivity index is 1.61. The number of carbonyl (C=O) groups excluding carboxylic acids is 1. The van der Waals surface area contributed by atoms with Crippen LogP contribution >= 0.6 is 0 Å². The number of allylic oxidation sites excluding steroid dienone is 2. The van der Waals surface area contributed by atoms with Crippen LogP contribution in [0.15, 0.2) is 72.5 Å². The van der Waals surface area contributed by atoms with Crippen molar-refractivity contribution in [1.29, 1.82) is 0 Å². The summed E-state index contributed by atoms with van der Waals surface area (Å²) in [4.78, 5) is 26.9. The molecular formula is C25H21N5O2. The number of aromatic nitrogens is 5. The van der Waals surface area contributed by atoms with E-state index in [2.05, 4.69) is 28.9 Å². The fourth-order valence-electron chi connectivity index (χ4n) is 4.75. The molecule has 7 nitrogen and oxygen atoms in total. The minimum atomic E-state index is -0.302. The van der Waals surface area contributed by atoms with Crippen LogP contribution in [0, 0.1) is 5.41 Å². The molecule has 0 spiro atoms. The lowest BCUT2D eigenvalue weighted by Gasteiger charge is -2.37. The average molecular weight is 423 g/mol. The first-order valence-corrected chi connectivity index (χ1v) is 10.6. The first-order chi connectivity index (χ1) is 15.5. The summed E-state index contributed by atoms with van der Waals surface area (Å²) in [6.45, 7) is 4.20. The van der Waals surface area contributed by atoms with Gasteiger partial charge in [0.25, 0.3) is 0 Å². The van der Waals surface area contributed by atoms with Gasteiger partial charge in [0, 0.05) is 42.3 Å². The van der Waals surface area contributed by atoms with E-state index in [0.717, 1.165) is 22.4 Å². The maximum absolute atomic E-state index is 13.4. The summed E-state index contributed by atoms with van der Waals surface area (Å²) in [6.07, 6.45) is 6.22. The fraction of sp³-hybridized carbons (Fsp3) is 0.240. The molecule has 6 rings (SSSR count). The number of ether oxygens (including phenoxy) is 1. The van der Waals surface area contributed by atoms with Gasteiger partial charge in [-0.3, -0.25) is 9.78 Å². The zero-order chi connectivity index (χ0) is 21.9. The molecule has 1 aliphatic heterocycles. The number of ketones is 1. The molecule has 0 amide bonds. The van der Waals surface area contributed by atoms with Crippen LogP contribution in [-0.2, 0) is 4.79 Å². The van der Waals surface area contributed by atoms with Crippen molar-refractivity contribution in [2.75, 3.05) is 0 Å². The van der Waals surface area contributed by atoms with Crippen LogP contribution in [0.2, 0.25) is 0 Å². The monoisotopic (exact) mass is 423 g/mol. The van der Waals surface area contributed by atoms with Gasteiger partial charge in [0.2, 0.25) is 5.88 Å². The van der Waals surface area contributed by atoms with Gasteiger partial charge >= 0.3 is 0 Å². The number of nitrogens with zero attached hydrogens (tertiary/aromatic N) is 5. The van der Waals surface area contributed by atoms with Crippen LogP contribution in [0.25, 0.3) is 17.0 Å². The van der Waals surface area contributed by atoms with E-state index in [4.69, 9.17) is 9.72 Å². The van der Waals surface area contributed by atoms with E-state index < -0.39 is 0 Å². The molecule has 1 aliphatic carbocycles. The number of Topliss-reactive ketones (excluding diaryl/α,β-unsaturated/α-hetero) is 1. The summed E-state index contributed by atoms with van der Waals surface area (Å²) in [6, 6.07) is 13.8. The molecule has 1 aromatic carbocycles. The molecule has 0 fully saturated rings. The van der Waals surface area contributed by atoms with Crippen molar-refractivity contribution >= 4 is 11.4 Å². The number of hydrogen-bond donors (Lipinski definition) is 0. The molecule has 158 valence electrons. The largest absolute Gasteiger partial charge is 0.442 e. The lowest BCUT2D eigenvalue weighted by Crippen LogP contribution is -2.33. The van der Waals surface area contributed by atoms with E-state index in [1.54, 1.807) is 23.2 Å². The topological polar surface area (TPSA) is 82.3 Å². The normalized spacial score (nSPS) is 19.4. The Morgan fingerprint density at radius 3 is 2.62 bits per heavy atom. The molecule has 0 bridgehead atoms. The van der Waals surface area contributed by atoms with Gasteiger partial charge in [0.05, 0.1) is 5.56 Å². The Kier molecular flexibility index (Phi) is 4.02. The maximum atomic E-state index is 13.4. The van der Waals surface area contributed by atoms with Gasteiger partial charge < -0.3 is 4.74 Å². The summed E-state index contributed by atoms with van der Waals surface area (Å²) in [5.74, 6) is 1.60. The second kappa shape index (κ2) is 6.82. The van der Waals surface area contributed by atoms with Crippen LogP contribution in [0.5, 0.6) is 5.88 Å². The van der Waals surface area contributed by atoms with Gasteiger partial charge in [0.15, 0.2) is 17.3 Å². The summed E-state index contributed by atoms with van der Waals surface area (Å²) in [7, 11) is 0. The third-order valence-corrected chi connectivity index (χ3v) is 6.13. The van der Waals surface area contributed by atoms with Crippen molar-refractivity contribution in [2.24, 2.45) is 5.41 Å². The fourth-order valence-corrected chi connectivity index (χ4v) is 4.75. The van der Waals surface area contributed by atoms with Gasteiger partial charge in [0.1, 0.15) is 12.1 Å². The second-order valence-corrected chi connectivity index (χ2v) is 9.13. The Hall–Kier alpha value is -3.87. The highest BCUT2D eigenvalue weighted by Gasteiger charge is 2.43. The van der Waals surface area contributed by atoms with Crippen LogP contribution in [-0.4, -0.2) is 30.3 Å². The molecule has 7 heteroatoms. The van der Waals surface area contributed by atoms with E-state index in [9.17, 15) is 4.79 Å². The summed E-state index contributed by atoms with van der Waals surface area (Å²) in [5, 5.41) is 4.62. The predicted octanol–water partition coefficient (Wildman–Crippen LogP) is 4.35. The lowest BCUT2D eigenvalue weighted by molar-refractivity contribution is -0.118. The molecule has 2 aliphatic rings. The molecule has 4 heterocycles. The summed E-state index contributed by atoms with van der Waals surface area (Å²) < 4.78 is 7.94. The molecule has 32 heavy (non-hydrogen) atoms. The van der Waals surface area contributed by atoms with E-state index in [-0.39, 0.29) is 17.1 Å². The third kappa shape index (κ3) is 2.92. The smallest absolute Gasteiger partial charge is 0.228 e. The van der Waals surface area contributed by atoms with Gasteiger partial charge in [-0.15, -0.1) is 5.10 Å². The minimum absolute atomic E-state index is 0.117. The van der Waals surface area contributed by atoms with Crippen LogP contribution < -0.4 is 4.74 Å². The number of fused-ring (bicyclic) bond motifs is 3. The van der Waals surface area contributed by atoms with Crippen molar-refractivity contribution < 1.29 is 9.53 Å². The summed E-state index contributed by atoms with van der Waals surface area (Å²) >= 11 is 0. The number of rotatable bonds is 2. The molecule has 0 saturated carbocycles. The molecule has 1 atom stereocenters. The van der Waals surface area contributed by atoms with Crippen molar-refractivity contribution in [3.05, 3.63) is 83.6 Å². The van der Waals surface area contributed by atoms with E-state index in [1.165, 1.54) is 0 Å². The number of carbonyl (C=O) groups is 1. The van der Waals surface area contributed by atoms with Crippen molar-refractivity contribution in [1.82, 2.24) is 24.6 Å². The third-order valence-electron chi connectivity index (χ3n) is 6.13. The van der Waals surface area contributed by atoms with Crippen LogP contribution in [0.4, 0.5) is 0 Å². The van der Waals surface area contributed by atoms with Crippen molar-refractivity contribution in [3.63, 3.8) is 0 Å². The lowest BCUT2D eigenvalue weighted by atomic mass is 9.70. The number of hydrogen-bond acceptors (Lipinski definition) is 6. The first-order valence-electron chi connectivity index (χ1n) is 10.6. The first kappa shape index (κ1) is 18.9. The maximum Gasteiger partial charge on any atom is 0.228 e. The molecule has 4 aromatic rings. The molecule has 0 saturated heterocycles. The molecule has 0 radical (unpaired) electrons. The standard InChI is InChI=1S/C25H21N5O2/c1-25(2)12-17(31)20-18(13-25)32-24-21(19(20)15-6-4-3-5-7-15)23-28-22(29-30(23)14-27-24)16-8-10-26-11-9-16/h3-11,14,19H,12-13H2,1-2H3/t19-/m0/s1. The Labute approximate surface area is 184 Å². The van der Waals surface area contributed by atoms with Crippen LogP contribution in [0.1, 0.15) is 43.7 Å². The number of benzene rings is 1. The SMILES string of the molecule is CC1(C)CC(=O)C2=C(C1)Oc1ncn3nc(-c4ccncc4)nc3c1[C@H]2c1ccccc1. The van der Waals surface area contributed by atoms with Gasteiger partial charge in [-0.05, 0) is 23.1 Å². The Morgan fingerprint density at radius 1 is 1.06 bits per heavy atom. The molecule has 0 unspecified atom stereocenters. The quantitative estimate of drug-likeness (QED) is 0.477. The van der Waals surface area contributed by atoms with Crippen molar-refractivity contribution in [3.8, 4) is 17.3 Å². The molecular weight excluding hydrogens is 402 g/mol. The number of pyridine rings is 1. The van der Waals surface area contributed by atoms with Gasteiger partial charge in [-0.1, -0.05) is 44.2 Å². The average Bonchev–Trinajstić information content (AvgIpc) is 3.23. The van der Waals surface area contributed by atoms with Crippen molar-refractivity contribution in [2.45, 2.75) is 32.6 Å². The van der Waals surface area contributed by atoms with E-state index in [0.29, 0.717) is 35.8 Å². The molecule has 0 N–H and O–H groups in total. The van der Waals surface area contributed by atoms with Gasteiger partial charge in [-0.25, -0.2) is 14.5 Å². The highest BCUT2D eigenvalue weighted by molar-refractivity contribution is 6.00. The highest BCUT2D eigenvalue weighted by atomic mass is 16.5. The molecule has 3 aromatic heterocycles. The predicted molar refractivity (Wildman–Crippen MR) is 118 cm³/mol. The Morgan fingerprint density at radius 2 is 1.84 bits per heavy atom. The Bertz CT molecular complexity index is 1390. The highest BCUT2D eigenvalue weighted by Crippen LogP contribution is 2.50.